The van der Waals surface area contributed by atoms with E-state index in [9.17, 15) is 22.2 Å². The molecule has 2 aromatic heterocycles. The van der Waals surface area contributed by atoms with Crippen LogP contribution in [0.1, 0.15) is 11.7 Å². The highest BCUT2D eigenvalue weighted by Gasteiger charge is 2.19. The van der Waals surface area contributed by atoms with Crippen molar-refractivity contribution in [1.29, 1.82) is 0 Å². The molecule has 2 N–H and O–H groups in total. The molecule has 0 fully saturated rings. The molecule has 0 saturated heterocycles. The van der Waals surface area contributed by atoms with Crippen LogP contribution in [0.3, 0.4) is 0 Å². The Morgan fingerprint density at radius 2 is 1.91 bits per heavy atom. The minimum absolute atomic E-state index is 0.0728. The first-order chi connectivity index (χ1) is 15.7. The van der Waals surface area contributed by atoms with E-state index in [-0.39, 0.29) is 22.6 Å². The van der Waals surface area contributed by atoms with Crippen LogP contribution in [0.5, 0.6) is 11.5 Å². The predicted octanol–water partition coefficient (Wildman–Crippen LogP) is 4.82. The summed E-state index contributed by atoms with van der Waals surface area (Å²) in [5.74, 6) is -1.85. The molecule has 0 aliphatic rings. The number of pyridine rings is 1. The topological polar surface area (TPSA) is 96.7 Å². The molecule has 0 aliphatic heterocycles. The first-order valence-electron chi connectivity index (χ1n) is 9.48. The van der Waals surface area contributed by atoms with Gasteiger partial charge < -0.3 is 14.3 Å². The molecule has 4 rings (SSSR count). The van der Waals surface area contributed by atoms with Crippen LogP contribution in [0, 0.1) is 11.6 Å². The van der Waals surface area contributed by atoms with Crippen molar-refractivity contribution in [3.8, 4) is 22.6 Å². The molecule has 0 spiro atoms. The van der Waals surface area contributed by atoms with Crippen molar-refractivity contribution in [2.75, 3.05) is 0 Å². The van der Waals surface area contributed by atoms with E-state index in [4.69, 9.17) is 9.29 Å². The number of fused-ring (bicyclic) bond motifs is 1. The third-order valence-corrected chi connectivity index (χ3v) is 5.20. The Hall–Kier alpha value is -3.70. The lowest BCUT2D eigenvalue weighted by Crippen LogP contribution is -2.16. The van der Waals surface area contributed by atoms with Crippen LogP contribution in [0.25, 0.3) is 22.0 Å². The van der Waals surface area contributed by atoms with Crippen LogP contribution in [0.15, 0.2) is 64.1 Å². The summed E-state index contributed by atoms with van der Waals surface area (Å²) in [6.45, 7) is 0. The zero-order valence-corrected chi connectivity index (χ0v) is 17.8. The van der Waals surface area contributed by atoms with E-state index in [1.165, 1.54) is 36.0 Å². The molecule has 2 unspecified atom stereocenters. The van der Waals surface area contributed by atoms with E-state index < -0.39 is 29.1 Å². The van der Waals surface area contributed by atoms with Gasteiger partial charge in [0.25, 0.3) is 16.8 Å². The van der Waals surface area contributed by atoms with Crippen LogP contribution >= 0.6 is 0 Å². The van der Waals surface area contributed by atoms with E-state index in [1.807, 2.05) is 0 Å². The molecule has 170 valence electrons. The molecule has 0 bridgehead atoms. The summed E-state index contributed by atoms with van der Waals surface area (Å²) in [5, 5.41) is 0.514. The number of aryl methyl sites for hydroxylation is 1. The standard InChI is InChI=1S/C22H16F3N3O4S/c1-28-11-16(14-6-7-26-21(14)22(28)29)15-8-12(18(25)10-27-33(30)31)2-4-19(15)32-20-5-3-13(23)9-17(20)24/h2-11,18,26H,1H3,(H,30,31). The average molecular weight is 475 g/mol. The Kier molecular flexibility index (Phi) is 6.16. The van der Waals surface area contributed by atoms with Crippen molar-refractivity contribution in [3.05, 3.63) is 82.4 Å². The predicted molar refractivity (Wildman–Crippen MR) is 119 cm³/mol. The molecule has 0 amide bonds. The zero-order chi connectivity index (χ0) is 23.7. The minimum Gasteiger partial charge on any atom is -0.454 e. The summed E-state index contributed by atoms with van der Waals surface area (Å²) in [4.78, 5) is 15.3. The van der Waals surface area contributed by atoms with Gasteiger partial charge in [-0.3, -0.25) is 9.35 Å². The number of hydrogen-bond donors (Lipinski definition) is 2. The monoisotopic (exact) mass is 475 g/mol. The normalized spacial score (nSPS) is 13.5. The highest BCUT2D eigenvalue weighted by Crippen LogP contribution is 2.39. The molecule has 33 heavy (non-hydrogen) atoms. The molecule has 2 atom stereocenters. The second-order valence-corrected chi connectivity index (χ2v) is 7.72. The van der Waals surface area contributed by atoms with E-state index in [1.54, 1.807) is 12.3 Å². The lowest BCUT2D eigenvalue weighted by atomic mass is 9.99. The Balaban J connectivity index is 1.91. The third kappa shape index (κ3) is 4.59. The maximum Gasteiger partial charge on any atom is 0.281 e. The van der Waals surface area contributed by atoms with Gasteiger partial charge in [0, 0.05) is 42.0 Å². The molecule has 0 radical (unpaired) electrons. The molecule has 2 heterocycles. The number of rotatable bonds is 6. The largest absolute Gasteiger partial charge is 0.454 e. The van der Waals surface area contributed by atoms with Crippen molar-refractivity contribution in [2.24, 2.45) is 11.4 Å². The highest BCUT2D eigenvalue weighted by atomic mass is 32.2. The number of nitrogens with zero attached hydrogens (tertiary/aromatic N) is 2. The Morgan fingerprint density at radius 3 is 2.64 bits per heavy atom. The number of ether oxygens (including phenoxy) is 1. The summed E-state index contributed by atoms with van der Waals surface area (Å²) in [6.07, 6.45) is 1.95. The van der Waals surface area contributed by atoms with E-state index in [0.717, 1.165) is 12.1 Å². The molecule has 7 nitrogen and oxygen atoms in total. The summed E-state index contributed by atoms with van der Waals surface area (Å²) in [7, 11) is 1.54. The fourth-order valence-electron chi connectivity index (χ4n) is 3.37. The number of benzene rings is 2. The smallest absolute Gasteiger partial charge is 0.281 e. The summed E-state index contributed by atoms with van der Waals surface area (Å²) in [5.41, 5.74) is 0.861. The van der Waals surface area contributed by atoms with Crippen molar-refractivity contribution >= 4 is 28.4 Å². The summed E-state index contributed by atoms with van der Waals surface area (Å²) >= 11 is -2.57. The second kappa shape index (κ2) is 9.04. The summed E-state index contributed by atoms with van der Waals surface area (Å²) in [6, 6.07) is 8.61. The van der Waals surface area contributed by atoms with Crippen molar-refractivity contribution in [1.82, 2.24) is 9.55 Å². The van der Waals surface area contributed by atoms with Crippen molar-refractivity contribution in [3.63, 3.8) is 0 Å². The highest BCUT2D eigenvalue weighted by molar-refractivity contribution is 7.77. The second-order valence-electron chi connectivity index (χ2n) is 7.04. The van der Waals surface area contributed by atoms with E-state index in [2.05, 4.69) is 9.38 Å². The van der Waals surface area contributed by atoms with Crippen LogP contribution in [-0.4, -0.2) is 24.5 Å². The molecular formula is C22H16F3N3O4S. The number of halogens is 3. The van der Waals surface area contributed by atoms with Crippen LogP contribution in [0.4, 0.5) is 13.2 Å². The van der Waals surface area contributed by atoms with E-state index in [0.29, 0.717) is 34.3 Å². The molecule has 0 aliphatic carbocycles. The number of hydrogen-bond acceptors (Lipinski definition) is 3. The Labute approximate surface area is 187 Å². The summed E-state index contributed by atoms with van der Waals surface area (Å²) < 4.78 is 71.9. The van der Waals surface area contributed by atoms with Crippen LogP contribution in [-0.2, 0) is 18.3 Å². The average Bonchev–Trinajstić information content (AvgIpc) is 3.27. The Morgan fingerprint density at radius 1 is 1.15 bits per heavy atom. The van der Waals surface area contributed by atoms with Crippen molar-refractivity contribution < 1.29 is 26.7 Å². The van der Waals surface area contributed by atoms with Crippen LogP contribution < -0.4 is 10.3 Å². The van der Waals surface area contributed by atoms with Gasteiger partial charge in [0.2, 0.25) is 0 Å². The van der Waals surface area contributed by atoms with Gasteiger partial charge in [0.15, 0.2) is 17.7 Å². The lowest BCUT2D eigenvalue weighted by Gasteiger charge is -2.16. The number of nitrogens with one attached hydrogen (secondary N) is 1. The maximum atomic E-state index is 14.7. The lowest BCUT2D eigenvalue weighted by molar-refractivity contribution is 0.435. The van der Waals surface area contributed by atoms with Crippen molar-refractivity contribution in [2.45, 2.75) is 6.17 Å². The van der Waals surface area contributed by atoms with Gasteiger partial charge >= 0.3 is 0 Å². The van der Waals surface area contributed by atoms with Gasteiger partial charge in [-0.2, -0.15) is 4.40 Å². The zero-order valence-electron chi connectivity index (χ0n) is 17.0. The van der Waals surface area contributed by atoms with Gasteiger partial charge in [0.1, 0.15) is 17.1 Å². The van der Waals surface area contributed by atoms with Gasteiger partial charge in [-0.05, 0) is 35.9 Å². The number of aromatic nitrogens is 2. The SMILES string of the molecule is Cn1cc(-c2cc(C(F)C=NS(=O)O)ccc2Oc2ccc(F)cc2F)c2cc[nH]c2c1=O. The molecule has 0 saturated carbocycles. The quantitative estimate of drug-likeness (QED) is 0.309. The van der Waals surface area contributed by atoms with Gasteiger partial charge in [-0.1, -0.05) is 6.07 Å². The van der Waals surface area contributed by atoms with Gasteiger partial charge in [-0.15, -0.1) is 0 Å². The number of aromatic amines is 1. The molecular weight excluding hydrogens is 459 g/mol. The first-order valence-corrected chi connectivity index (χ1v) is 10.5. The molecule has 11 heteroatoms. The fourth-order valence-corrected chi connectivity index (χ4v) is 3.58. The van der Waals surface area contributed by atoms with E-state index >= 15 is 0 Å². The van der Waals surface area contributed by atoms with Crippen LogP contribution in [0.2, 0.25) is 0 Å². The molecule has 4 aromatic rings. The Bertz CT molecular complexity index is 1470. The van der Waals surface area contributed by atoms with Gasteiger partial charge in [-0.25, -0.2) is 17.4 Å². The third-order valence-electron chi connectivity index (χ3n) is 4.90. The number of alkyl halides is 1. The van der Waals surface area contributed by atoms with Gasteiger partial charge in [0.05, 0.1) is 6.21 Å². The molecule has 2 aromatic carbocycles. The minimum atomic E-state index is -2.57. The number of H-pyrrole nitrogens is 1. The fraction of sp³-hybridized carbons (Fsp3) is 0.0909. The maximum absolute atomic E-state index is 14.7. The first kappa shape index (κ1) is 22.5.